The molecule has 0 aliphatic carbocycles. The van der Waals surface area contributed by atoms with Gasteiger partial charge in [0.05, 0.1) is 17.3 Å². The fourth-order valence-corrected chi connectivity index (χ4v) is 4.52. The Bertz CT molecular complexity index is 1260. The van der Waals surface area contributed by atoms with Gasteiger partial charge in [-0.15, -0.1) is 0 Å². The number of hydrogen-bond acceptors (Lipinski definition) is 5. The van der Waals surface area contributed by atoms with Gasteiger partial charge in [0, 0.05) is 44.0 Å². The lowest BCUT2D eigenvalue weighted by atomic mass is 9.99. The molecule has 0 spiro atoms. The predicted octanol–water partition coefficient (Wildman–Crippen LogP) is 5.23. The Morgan fingerprint density at radius 1 is 1.06 bits per heavy atom. The van der Waals surface area contributed by atoms with E-state index >= 15 is 0 Å². The zero-order valence-electron chi connectivity index (χ0n) is 18.4. The van der Waals surface area contributed by atoms with Crippen LogP contribution in [0.4, 0.5) is 10.3 Å². The highest BCUT2D eigenvalue weighted by Crippen LogP contribution is 2.38. The van der Waals surface area contributed by atoms with E-state index in [1.807, 2.05) is 43.5 Å². The quantitative estimate of drug-likeness (QED) is 0.436. The first-order valence-corrected chi connectivity index (χ1v) is 11.0. The van der Waals surface area contributed by atoms with Crippen LogP contribution in [0.5, 0.6) is 0 Å². The average molecular weight is 428 g/mol. The molecule has 1 aliphatic heterocycles. The minimum Gasteiger partial charge on any atom is -0.347 e. The van der Waals surface area contributed by atoms with E-state index < -0.39 is 0 Å². The van der Waals surface area contributed by atoms with Crippen LogP contribution in [0.15, 0.2) is 67.0 Å². The topological polar surface area (TPSA) is 45.2 Å². The second kappa shape index (κ2) is 8.63. The third-order valence-corrected chi connectivity index (χ3v) is 6.07. The van der Waals surface area contributed by atoms with E-state index in [9.17, 15) is 4.39 Å². The lowest BCUT2D eigenvalue weighted by Crippen LogP contribution is -2.25. The van der Waals surface area contributed by atoms with Gasteiger partial charge in [-0.3, -0.25) is 9.88 Å². The summed E-state index contributed by atoms with van der Waals surface area (Å²) in [4.78, 5) is 18.3. The first kappa shape index (κ1) is 20.5. The van der Waals surface area contributed by atoms with Gasteiger partial charge in [0.25, 0.3) is 0 Å². The minimum absolute atomic E-state index is 0.152. The number of pyridine rings is 1. The van der Waals surface area contributed by atoms with Crippen molar-refractivity contribution in [3.05, 3.63) is 84.1 Å². The molecule has 5 nitrogen and oxygen atoms in total. The van der Waals surface area contributed by atoms with Gasteiger partial charge in [-0.1, -0.05) is 24.3 Å². The lowest BCUT2D eigenvalue weighted by Gasteiger charge is -2.27. The van der Waals surface area contributed by atoms with E-state index in [1.54, 1.807) is 12.1 Å². The molecule has 0 amide bonds. The molecule has 1 atom stereocenters. The Balaban J connectivity index is 1.52. The Morgan fingerprint density at radius 2 is 1.97 bits per heavy atom. The van der Waals surface area contributed by atoms with E-state index in [-0.39, 0.29) is 11.9 Å². The molecular weight excluding hydrogens is 401 g/mol. The molecule has 2 aromatic carbocycles. The number of rotatable bonds is 5. The molecular formula is C26H26FN5. The Morgan fingerprint density at radius 3 is 2.81 bits per heavy atom. The van der Waals surface area contributed by atoms with Gasteiger partial charge in [0.15, 0.2) is 0 Å². The number of anilines is 1. The zero-order chi connectivity index (χ0) is 22.1. The molecule has 2 aromatic heterocycles. The average Bonchev–Trinajstić information content (AvgIpc) is 3.26. The molecule has 4 aromatic rings. The zero-order valence-corrected chi connectivity index (χ0v) is 18.4. The van der Waals surface area contributed by atoms with E-state index in [0.29, 0.717) is 5.95 Å². The van der Waals surface area contributed by atoms with Gasteiger partial charge in [-0.25, -0.2) is 14.4 Å². The molecule has 0 N–H and O–H groups in total. The molecule has 6 heteroatoms. The first-order valence-electron chi connectivity index (χ1n) is 11.0. The van der Waals surface area contributed by atoms with Crippen LogP contribution < -0.4 is 4.90 Å². The molecule has 1 aliphatic rings. The van der Waals surface area contributed by atoms with Crippen molar-refractivity contribution in [3.8, 4) is 11.1 Å². The SMILES string of the molecule is CN(C)c1ncc(-c2cccc(F)c2)c(C2CCCN2Cc2ccc3ncccc3c2)n1. The largest absolute Gasteiger partial charge is 0.347 e. The maximum absolute atomic E-state index is 14.0. The van der Waals surface area contributed by atoms with Crippen molar-refractivity contribution in [1.82, 2.24) is 19.9 Å². The third kappa shape index (κ3) is 4.06. The second-order valence-electron chi connectivity index (χ2n) is 8.53. The number of halogens is 1. The van der Waals surface area contributed by atoms with Crippen LogP contribution in [-0.4, -0.2) is 40.5 Å². The summed E-state index contributed by atoms with van der Waals surface area (Å²) in [6, 6.07) is 17.4. The van der Waals surface area contributed by atoms with Crippen LogP contribution in [0.25, 0.3) is 22.0 Å². The Kier molecular flexibility index (Phi) is 5.53. The summed E-state index contributed by atoms with van der Waals surface area (Å²) in [5.74, 6) is 0.418. The number of hydrogen-bond donors (Lipinski definition) is 0. The summed E-state index contributed by atoms with van der Waals surface area (Å²) in [6.45, 7) is 1.83. The van der Waals surface area contributed by atoms with Crippen LogP contribution in [0.3, 0.4) is 0 Å². The van der Waals surface area contributed by atoms with Crippen molar-refractivity contribution in [2.45, 2.75) is 25.4 Å². The van der Waals surface area contributed by atoms with Gasteiger partial charge in [0.2, 0.25) is 5.95 Å². The summed E-state index contributed by atoms with van der Waals surface area (Å²) in [5, 5.41) is 1.15. The molecule has 1 unspecified atom stereocenters. The van der Waals surface area contributed by atoms with Crippen LogP contribution in [0.1, 0.15) is 30.1 Å². The van der Waals surface area contributed by atoms with Crippen molar-refractivity contribution in [2.24, 2.45) is 0 Å². The number of likely N-dealkylation sites (tertiary alicyclic amines) is 1. The smallest absolute Gasteiger partial charge is 0.225 e. The summed E-state index contributed by atoms with van der Waals surface area (Å²) >= 11 is 0. The molecule has 0 bridgehead atoms. The molecule has 1 fully saturated rings. The molecule has 162 valence electrons. The Hall–Kier alpha value is -3.38. The van der Waals surface area contributed by atoms with Gasteiger partial charge >= 0.3 is 0 Å². The fraction of sp³-hybridized carbons (Fsp3) is 0.269. The summed E-state index contributed by atoms with van der Waals surface area (Å²) in [7, 11) is 3.88. The first-order chi connectivity index (χ1) is 15.6. The number of fused-ring (bicyclic) bond motifs is 1. The van der Waals surface area contributed by atoms with Gasteiger partial charge in [-0.2, -0.15) is 0 Å². The second-order valence-corrected chi connectivity index (χ2v) is 8.53. The van der Waals surface area contributed by atoms with E-state index in [4.69, 9.17) is 4.98 Å². The van der Waals surface area contributed by atoms with Crippen molar-refractivity contribution >= 4 is 16.9 Å². The normalized spacial score (nSPS) is 16.5. The number of aromatic nitrogens is 3. The van der Waals surface area contributed by atoms with Crippen molar-refractivity contribution < 1.29 is 4.39 Å². The van der Waals surface area contributed by atoms with E-state index in [0.717, 1.165) is 53.7 Å². The molecule has 0 radical (unpaired) electrons. The van der Waals surface area contributed by atoms with Gasteiger partial charge in [0.1, 0.15) is 5.82 Å². The maximum atomic E-state index is 14.0. The lowest BCUT2D eigenvalue weighted by molar-refractivity contribution is 0.245. The minimum atomic E-state index is -0.252. The van der Waals surface area contributed by atoms with Crippen molar-refractivity contribution in [3.63, 3.8) is 0 Å². The highest BCUT2D eigenvalue weighted by atomic mass is 19.1. The molecule has 3 heterocycles. The van der Waals surface area contributed by atoms with Gasteiger partial charge in [-0.05, 0) is 60.8 Å². The molecule has 0 saturated carbocycles. The molecule has 32 heavy (non-hydrogen) atoms. The summed E-state index contributed by atoms with van der Waals surface area (Å²) < 4.78 is 14.0. The van der Waals surface area contributed by atoms with Crippen molar-refractivity contribution in [1.29, 1.82) is 0 Å². The van der Waals surface area contributed by atoms with Crippen LogP contribution in [-0.2, 0) is 6.54 Å². The van der Waals surface area contributed by atoms with Crippen molar-refractivity contribution in [2.75, 3.05) is 25.5 Å². The fourth-order valence-electron chi connectivity index (χ4n) is 4.52. The number of nitrogens with zero attached hydrogens (tertiary/aromatic N) is 5. The molecule has 5 rings (SSSR count). The van der Waals surface area contributed by atoms with Crippen LogP contribution in [0, 0.1) is 5.82 Å². The van der Waals surface area contributed by atoms with E-state index in [2.05, 4.69) is 39.1 Å². The highest BCUT2D eigenvalue weighted by Gasteiger charge is 2.30. The summed E-state index contributed by atoms with van der Waals surface area (Å²) in [5.41, 5.74) is 4.94. The number of benzene rings is 2. The Labute approximate surface area is 187 Å². The monoisotopic (exact) mass is 427 g/mol. The maximum Gasteiger partial charge on any atom is 0.225 e. The third-order valence-electron chi connectivity index (χ3n) is 6.07. The van der Waals surface area contributed by atoms with Crippen LogP contribution >= 0.6 is 0 Å². The predicted molar refractivity (Wildman–Crippen MR) is 126 cm³/mol. The van der Waals surface area contributed by atoms with Gasteiger partial charge < -0.3 is 4.90 Å². The summed E-state index contributed by atoms with van der Waals surface area (Å²) in [6.07, 6.45) is 5.78. The standard InChI is InChI=1S/C26H26FN5/c1-31(2)26-29-16-22(19-6-3-8-21(27)15-19)25(30-26)24-9-5-13-32(24)17-18-10-11-23-20(14-18)7-4-12-28-23/h3-4,6-8,10-12,14-16,24H,5,9,13,17H2,1-2H3. The molecule has 1 saturated heterocycles. The van der Waals surface area contributed by atoms with Crippen LogP contribution in [0.2, 0.25) is 0 Å². The van der Waals surface area contributed by atoms with E-state index in [1.165, 1.54) is 11.6 Å². The highest BCUT2D eigenvalue weighted by molar-refractivity contribution is 5.78.